The maximum Gasteiger partial charge on any atom is 0.256 e. The van der Waals surface area contributed by atoms with Crippen molar-refractivity contribution in [2.75, 3.05) is 20.6 Å². The number of hydrogen-bond donors (Lipinski definition) is 0. The summed E-state index contributed by atoms with van der Waals surface area (Å²) in [4.78, 5) is 37.7. The average Bonchev–Trinajstić information content (AvgIpc) is 3.15. The molecule has 1 saturated heterocycles. The second kappa shape index (κ2) is 7.50. The van der Waals surface area contributed by atoms with Gasteiger partial charge >= 0.3 is 0 Å². The molecule has 1 aliphatic heterocycles. The summed E-state index contributed by atoms with van der Waals surface area (Å²) < 4.78 is 0. The van der Waals surface area contributed by atoms with Gasteiger partial charge in [-0.1, -0.05) is 12.8 Å². The third kappa shape index (κ3) is 3.67. The van der Waals surface area contributed by atoms with Crippen molar-refractivity contribution in [3.8, 4) is 0 Å². The van der Waals surface area contributed by atoms with E-state index in [0.29, 0.717) is 17.1 Å². The third-order valence-electron chi connectivity index (χ3n) is 5.42. The average molecular weight is 344 g/mol. The first-order chi connectivity index (χ1) is 12.0. The molecule has 2 amide bonds. The standard InChI is InChI=1S/C19H28N4O2/c1-13-15(19(25)22(2)3)12-20-17(21-13)16-10-6-7-11-23(16)18(24)14-8-4-5-9-14/h12,14,16H,4-11H2,1-3H3/t16-/m0/s1. The molecule has 1 aromatic rings. The van der Waals surface area contributed by atoms with E-state index in [1.807, 2.05) is 11.8 Å². The number of nitrogens with zero attached hydrogens (tertiary/aromatic N) is 4. The fraction of sp³-hybridized carbons (Fsp3) is 0.684. The van der Waals surface area contributed by atoms with Crippen LogP contribution in [0.5, 0.6) is 0 Å². The summed E-state index contributed by atoms with van der Waals surface area (Å²) in [5.74, 6) is 1.04. The summed E-state index contributed by atoms with van der Waals surface area (Å²) in [5, 5.41) is 0. The predicted octanol–water partition coefficient (Wildman–Crippen LogP) is 2.73. The Morgan fingerprint density at radius 3 is 2.44 bits per heavy atom. The highest BCUT2D eigenvalue weighted by Gasteiger charge is 2.35. The molecular formula is C19H28N4O2. The molecule has 2 aliphatic rings. The Balaban J connectivity index is 1.84. The molecule has 6 heteroatoms. The molecule has 1 atom stereocenters. The molecular weight excluding hydrogens is 316 g/mol. The van der Waals surface area contributed by atoms with E-state index in [1.54, 1.807) is 20.3 Å². The molecule has 1 aromatic heterocycles. The number of carbonyl (C=O) groups excluding carboxylic acids is 2. The molecule has 25 heavy (non-hydrogen) atoms. The van der Waals surface area contributed by atoms with Crippen LogP contribution in [0.4, 0.5) is 0 Å². The van der Waals surface area contributed by atoms with Crippen molar-refractivity contribution in [3.05, 3.63) is 23.3 Å². The van der Waals surface area contributed by atoms with Gasteiger partial charge in [0.1, 0.15) is 0 Å². The Bertz CT molecular complexity index is 653. The summed E-state index contributed by atoms with van der Waals surface area (Å²) in [7, 11) is 3.44. The van der Waals surface area contributed by atoms with Gasteiger partial charge in [-0.3, -0.25) is 9.59 Å². The lowest BCUT2D eigenvalue weighted by atomic mass is 9.97. The molecule has 0 aromatic carbocycles. The van der Waals surface area contributed by atoms with Crippen LogP contribution in [0.2, 0.25) is 0 Å². The van der Waals surface area contributed by atoms with Gasteiger partial charge in [-0.15, -0.1) is 0 Å². The Kier molecular flexibility index (Phi) is 5.35. The first kappa shape index (κ1) is 17.8. The topological polar surface area (TPSA) is 66.4 Å². The van der Waals surface area contributed by atoms with Crippen molar-refractivity contribution >= 4 is 11.8 Å². The Hall–Kier alpha value is -1.98. The number of rotatable bonds is 3. The number of carbonyl (C=O) groups is 2. The van der Waals surface area contributed by atoms with Gasteiger partial charge in [-0.05, 0) is 39.0 Å². The monoisotopic (exact) mass is 344 g/mol. The van der Waals surface area contributed by atoms with Crippen LogP contribution in [0, 0.1) is 12.8 Å². The van der Waals surface area contributed by atoms with E-state index in [2.05, 4.69) is 9.97 Å². The molecule has 3 rings (SSSR count). The number of amides is 2. The normalized spacial score (nSPS) is 21.4. The van der Waals surface area contributed by atoms with Gasteiger partial charge in [0, 0.05) is 32.8 Å². The maximum absolute atomic E-state index is 12.9. The number of likely N-dealkylation sites (tertiary alicyclic amines) is 1. The zero-order valence-corrected chi connectivity index (χ0v) is 15.5. The maximum atomic E-state index is 12.9. The summed E-state index contributed by atoms with van der Waals surface area (Å²) >= 11 is 0. The van der Waals surface area contributed by atoms with Crippen LogP contribution in [0.3, 0.4) is 0 Å². The number of aromatic nitrogens is 2. The Labute approximate surface area is 149 Å². The summed E-state index contributed by atoms with van der Waals surface area (Å²) in [6.45, 7) is 2.63. The van der Waals surface area contributed by atoms with Gasteiger partial charge in [0.05, 0.1) is 17.3 Å². The lowest BCUT2D eigenvalue weighted by Gasteiger charge is -2.36. The van der Waals surface area contributed by atoms with E-state index in [4.69, 9.17) is 0 Å². The minimum atomic E-state index is -0.0911. The molecule has 0 unspecified atom stereocenters. The van der Waals surface area contributed by atoms with Crippen molar-refractivity contribution < 1.29 is 9.59 Å². The second-order valence-corrected chi connectivity index (χ2v) is 7.45. The molecule has 2 fully saturated rings. The first-order valence-electron chi connectivity index (χ1n) is 9.34. The van der Waals surface area contributed by atoms with E-state index < -0.39 is 0 Å². The highest BCUT2D eigenvalue weighted by Crippen LogP contribution is 2.34. The van der Waals surface area contributed by atoms with Crippen LogP contribution in [-0.4, -0.2) is 52.2 Å². The zero-order valence-electron chi connectivity index (χ0n) is 15.5. The lowest BCUT2D eigenvalue weighted by Crippen LogP contribution is -2.42. The second-order valence-electron chi connectivity index (χ2n) is 7.45. The number of aryl methyl sites for hydroxylation is 1. The van der Waals surface area contributed by atoms with Crippen molar-refractivity contribution in [2.24, 2.45) is 5.92 Å². The molecule has 0 radical (unpaired) electrons. The minimum Gasteiger partial charge on any atom is -0.345 e. The highest BCUT2D eigenvalue weighted by atomic mass is 16.2. The molecule has 136 valence electrons. The van der Waals surface area contributed by atoms with Gasteiger partial charge in [0.15, 0.2) is 5.82 Å². The van der Waals surface area contributed by atoms with Gasteiger partial charge in [-0.25, -0.2) is 9.97 Å². The van der Waals surface area contributed by atoms with Crippen molar-refractivity contribution in [1.29, 1.82) is 0 Å². The lowest BCUT2D eigenvalue weighted by molar-refractivity contribution is -0.139. The molecule has 2 heterocycles. The molecule has 0 N–H and O–H groups in total. The molecule has 0 spiro atoms. The number of hydrogen-bond acceptors (Lipinski definition) is 4. The van der Waals surface area contributed by atoms with Crippen LogP contribution in [0.1, 0.15) is 72.9 Å². The van der Waals surface area contributed by atoms with E-state index in [1.165, 1.54) is 4.90 Å². The zero-order chi connectivity index (χ0) is 18.0. The summed E-state index contributed by atoms with van der Waals surface area (Å²) in [6.07, 6.45) is 8.99. The third-order valence-corrected chi connectivity index (χ3v) is 5.42. The summed E-state index contributed by atoms with van der Waals surface area (Å²) in [6, 6.07) is -0.0518. The van der Waals surface area contributed by atoms with Crippen LogP contribution >= 0.6 is 0 Å². The minimum absolute atomic E-state index is 0.0518. The molecule has 1 saturated carbocycles. The molecule has 6 nitrogen and oxygen atoms in total. The van der Waals surface area contributed by atoms with Crippen molar-refractivity contribution in [1.82, 2.24) is 19.8 Å². The van der Waals surface area contributed by atoms with E-state index in [0.717, 1.165) is 51.5 Å². The fourth-order valence-electron chi connectivity index (χ4n) is 3.97. The van der Waals surface area contributed by atoms with Crippen LogP contribution in [0.25, 0.3) is 0 Å². The van der Waals surface area contributed by atoms with Crippen LogP contribution in [-0.2, 0) is 4.79 Å². The van der Waals surface area contributed by atoms with E-state index in [9.17, 15) is 9.59 Å². The first-order valence-corrected chi connectivity index (χ1v) is 9.34. The van der Waals surface area contributed by atoms with Gasteiger partial charge in [-0.2, -0.15) is 0 Å². The van der Waals surface area contributed by atoms with Crippen LogP contribution < -0.4 is 0 Å². The molecule has 1 aliphatic carbocycles. The smallest absolute Gasteiger partial charge is 0.256 e. The highest BCUT2D eigenvalue weighted by molar-refractivity contribution is 5.94. The predicted molar refractivity (Wildman–Crippen MR) is 95.0 cm³/mol. The van der Waals surface area contributed by atoms with Gasteiger partial charge in [0.25, 0.3) is 5.91 Å². The Morgan fingerprint density at radius 2 is 1.80 bits per heavy atom. The summed E-state index contributed by atoms with van der Waals surface area (Å²) in [5.41, 5.74) is 1.21. The van der Waals surface area contributed by atoms with Gasteiger partial charge in [0.2, 0.25) is 5.91 Å². The fourth-order valence-corrected chi connectivity index (χ4v) is 3.97. The van der Waals surface area contributed by atoms with Gasteiger partial charge < -0.3 is 9.80 Å². The Morgan fingerprint density at radius 1 is 1.12 bits per heavy atom. The molecule has 0 bridgehead atoms. The van der Waals surface area contributed by atoms with Crippen LogP contribution in [0.15, 0.2) is 6.20 Å². The number of piperidine rings is 1. The SMILES string of the molecule is Cc1nc([C@@H]2CCCCN2C(=O)C2CCCC2)ncc1C(=O)N(C)C. The van der Waals surface area contributed by atoms with E-state index in [-0.39, 0.29) is 23.8 Å². The quantitative estimate of drug-likeness (QED) is 0.845. The van der Waals surface area contributed by atoms with E-state index >= 15 is 0 Å². The van der Waals surface area contributed by atoms with Crippen molar-refractivity contribution in [3.63, 3.8) is 0 Å². The largest absolute Gasteiger partial charge is 0.345 e. The van der Waals surface area contributed by atoms with Crippen molar-refractivity contribution in [2.45, 2.75) is 57.9 Å².